The van der Waals surface area contributed by atoms with Gasteiger partial charge in [-0.1, -0.05) is 6.07 Å². The van der Waals surface area contributed by atoms with Crippen molar-refractivity contribution in [1.29, 1.82) is 5.26 Å². The third-order valence-electron chi connectivity index (χ3n) is 3.61. The molecule has 4 rings (SSSR count). The van der Waals surface area contributed by atoms with E-state index < -0.39 is 0 Å². The zero-order valence-electron chi connectivity index (χ0n) is 10.2. The summed E-state index contributed by atoms with van der Waals surface area (Å²) in [5, 5.41) is 9.11. The summed E-state index contributed by atoms with van der Waals surface area (Å²) in [6, 6.07) is 10.1. The van der Waals surface area contributed by atoms with E-state index in [2.05, 4.69) is 22.1 Å². The van der Waals surface area contributed by atoms with Crippen LogP contribution in [0.1, 0.15) is 22.4 Å². The molecule has 92 valence electrons. The lowest BCUT2D eigenvalue weighted by Gasteiger charge is -1.89. The van der Waals surface area contributed by atoms with Crippen molar-refractivity contribution in [3.63, 3.8) is 0 Å². The second-order valence-electron chi connectivity index (χ2n) is 4.81. The van der Waals surface area contributed by atoms with Gasteiger partial charge in [-0.15, -0.1) is 11.3 Å². The van der Waals surface area contributed by atoms with Gasteiger partial charge in [0.1, 0.15) is 17.4 Å². The number of fused-ring (bicyclic) bond motifs is 2. The maximum absolute atomic E-state index is 9.11. The molecule has 3 aromatic rings. The number of nitrogens with one attached hydrogen (secondary N) is 1. The van der Waals surface area contributed by atoms with Gasteiger partial charge in [0.05, 0.1) is 16.0 Å². The van der Waals surface area contributed by atoms with Crippen molar-refractivity contribution in [3.05, 3.63) is 40.3 Å². The number of nitriles is 1. The number of thiophene rings is 1. The minimum atomic E-state index is 0.629. The van der Waals surface area contributed by atoms with E-state index in [1.54, 1.807) is 6.07 Å². The number of hydrogen-bond donors (Lipinski definition) is 1. The van der Waals surface area contributed by atoms with Gasteiger partial charge >= 0.3 is 0 Å². The van der Waals surface area contributed by atoms with E-state index in [9.17, 15) is 0 Å². The maximum atomic E-state index is 9.11. The molecule has 1 N–H and O–H groups in total. The Kier molecular flexibility index (Phi) is 2.23. The number of nitrogens with zero attached hydrogens (tertiary/aromatic N) is 2. The monoisotopic (exact) mass is 265 g/mol. The van der Waals surface area contributed by atoms with E-state index in [0.29, 0.717) is 5.56 Å². The molecule has 3 nitrogen and oxygen atoms in total. The number of benzene rings is 1. The first-order valence-electron chi connectivity index (χ1n) is 6.36. The highest BCUT2D eigenvalue weighted by Crippen LogP contribution is 2.36. The highest BCUT2D eigenvalue weighted by atomic mass is 32.1. The minimum Gasteiger partial charge on any atom is -0.337 e. The van der Waals surface area contributed by atoms with Gasteiger partial charge in [-0.05, 0) is 43.0 Å². The lowest BCUT2D eigenvalue weighted by atomic mass is 10.2. The van der Waals surface area contributed by atoms with Crippen LogP contribution in [-0.4, -0.2) is 9.97 Å². The van der Waals surface area contributed by atoms with Gasteiger partial charge in [-0.2, -0.15) is 5.26 Å². The van der Waals surface area contributed by atoms with Crippen molar-refractivity contribution < 1.29 is 0 Å². The van der Waals surface area contributed by atoms with Crippen molar-refractivity contribution in [2.75, 3.05) is 0 Å². The molecule has 0 saturated carbocycles. The number of hydrogen-bond acceptors (Lipinski definition) is 3. The number of rotatable bonds is 1. The number of aromatic amines is 1. The molecule has 0 spiro atoms. The maximum Gasteiger partial charge on any atom is 0.148 e. The zero-order chi connectivity index (χ0) is 12.8. The average Bonchev–Trinajstić information content (AvgIpc) is 3.10. The van der Waals surface area contributed by atoms with Gasteiger partial charge in [0.15, 0.2) is 0 Å². The van der Waals surface area contributed by atoms with Gasteiger partial charge in [0.2, 0.25) is 0 Å². The van der Waals surface area contributed by atoms with Crippen LogP contribution < -0.4 is 0 Å². The Hall–Kier alpha value is -2.12. The van der Waals surface area contributed by atoms with Gasteiger partial charge < -0.3 is 4.98 Å². The van der Waals surface area contributed by atoms with Gasteiger partial charge in [-0.25, -0.2) is 4.98 Å². The molecule has 0 aliphatic heterocycles. The molecule has 1 aliphatic carbocycles. The first-order chi connectivity index (χ1) is 9.35. The molecule has 0 atom stereocenters. The van der Waals surface area contributed by atoms with E-state index >= 15 is 0 Å². The summed E-state index contributed by atoms with van der Waals surface area (Å²) in [4.78, 5) is 10.6. The van der Waals surface area contributed by atoms with Gasteiger partial charge in [0, 0.05) is 4.88 Å². The average molecular weight is 265 g/mol. The summed E-state index contributed by atoms with van der Waals surface area (Å²) in [6.45, 7) is 0. The Bertz CT molecular complexity index is 798. The SMILES string of the molecule is N#Cc1cccc2[nH]c(-c3cc4c(s3)CCC4)nc12. The summed E-state index contributed by atoms with van der Waals surface area (Å²) < 4.78 is 0. The number of aromatic nitrogens is 2. The Morgan fingerprint density at radius 3 is 3.11 bits per heavy atom. The van der Waals surface area contributed by atoms with Crippen LogP contribution in [0.3, 0.4) is 0 Å². The largest absolute Gasteiger partial charge is 0.337 e. The molecule has 4 heteroatoms. The first-order valence-corrected chi connectivity index (χ1v) is 7.17. The fraction of sp³-hybridized carbons (Fsp3) is 0.200. The third-order valence-corrected chi connectivity index (χ3v) is 4.86. The highest BCUT2D eigenvalue weighted by molar-refractivity contribution is 7.15. The number of para-hydroxylation sites is 1. The van der Waals surface area contributed by atoms with E-state index in [1.165, 1.54) is 34.6 Å². The molecule has 19 heavy (non-hydrogen) atoms. The Morgan fingerprint density at radius 1 is 1.32 bits per heavy atom. The molecule has 0 fully saturated rings. The van der Waals surface area contributed by atoms with E-state index in [4.69, 9.17) is 5.26 Å². The lowest BCUT2D eigenvalue weighted by molar-refractivity contribution is 0.915. The second kappa shape index (κ2) is 3.94. The highest BCUT2D eigenvalue weighted by Gasteiger charge is 2.17. The smallest absolute Gasteiger partial charge is 0.148 e. The molecule has 0 unspecified atom stereocenters. The van der Waals surface area contributed by atoms with E-state index in [1.807, 2.05) is 23.5 Å². The Balaban J connectivity index is 1.89. The predicted molar refractivity (Wildman–Crippen MR) is 76.1 cm³/mol. The molecule has 0 saturated heterocycles. The van der Waals surface area contributed by atoms with Crippen LogP contribution in [0.25, 0.3) is 21.7 Å². The molecule has 2 aromatic heterocycles. The minimum absolute atomic E-state index is 0.629. The molecule has 0 bridgehead atoms. The van der Waals surface area contributed by atoms with Crippen LogP contribution in [0.4, 0.5) is 0 Å². The summed E-state index contributed by atoms with van der Waals surface area (Å²) in [6.07, 6.45) is 3.67. The van der Waals surface area contributed by atoms with E-state index in [0.717, 1.165) is 16.9 Å². The fourth-order valence-electron chi connectivity index (χ4n) is 2.68. The second-order valence-corrected chi connectivity index (χ2v) is 5.95. The van der Waals surface area contributed by atoms with Gasteiger partial charge in [-0.3, -0.25) is 0 Å². The molecular formula is C15H11N3S. The molecule has 0 radical (unpaired) electrons. The summed E-state index contributed by atoms with van der Waals surface area (Å²) in [5.41, 5.74) is 3.81. The zero-order valence-corrected chi connectivity index (χ0v) is 11.0. The predicted octanol–water partition coefficient (Wildman–Crippen LogP) is 3.65. The summed E-state index contributed by atoms with van der Waals surface area (Å²) in [7, 11) is 0. The van der Waals surface area contributed by atoms with Crippen molar-refractivity contribution in [1.82, 2.24) is 9.97 Å². The summed E-state index contributed by atoms with van der Waals surface area (Å²) in [5.74, 6) is 0.886. The fourth-order valence-corrected chi connectivity index (χ4v) is 3.88. The van der Waals surface area contributed by atoms with Crippen molar-refractivity contribution >= 4 is 22.4 Å². The molecule has 1 aromatic carbocycles. The Morgan fingerprint density at radius 2 is 2.26 bits per heavy atom. The van der Waals surface area contributed by atoms with Crippen LogP contribution >= 0.6 is 11.3 Å². The van der Waals surface area contributed by atoms with Crippen LogP contribution in [-0.2, 0) is 12.8 Å². The van der Waals surface area contributed by atoms with Crippen molar-refractivity contribution in [2.45, 2.75) is 19.3 Å². The van der Waals surface area contributed by atoms with Crippen molar-refractivity contribution in [3.8, 4) is 16.8 Å². The number of aryl methyl sites for hydroxylation is 2. The normalized spacial score (nSPS) is 13.6. The topological polar surface area (TPSA) is 52.5 Å². The Labute approximate surface area is 114 Å². The van der Waals surface area contributed by atoms with Gasteiger partial charge in [0.25, 0.3) is 0 Å². The lowest BCUT2D eigenvalue weighted by Crippen LogP contribution is -1.77. The summed E-state index contributed by atoms with van der Waals surface area (Å²) >= 11 is 1.83. The van der Waals surface area contributed by atoms with Crippen LogP contribution in [0.5, 0.6) is 0 Å². The first kappa shape index (κ1) is 10.8. The molecule has 2 heterocycles. The third kappa shape index (κ3) is 1.59. The van der Waals surface area contributed by atoms with E-state index in [-0.39, 0.29) is 0 Å². The van der Waals surface area contributed by atoms with Crippen LogP contribution in [0.2, 0.25) is 0 Å². The van der Waals surface area contributed by atoms with Crippen molar-refractivity contribution in [2.24, 2.45) is 0 Å². The number of imidazole rings is 1. The molecule has 0 amide bonds. The molecule has 1 aliphatic rings. The quantitative estimate of drug-likeness (QED) is 0.730. The van der Waals surface area contributed by atoms with Crippen LogP contribution in [0.15, 0.2) is 24.3 Å². The molecular weight excluding hydrogens is 254 g/mol. The van der Waals surface area contributed by atoms with Crippen LogP contribution in [0, 0.1) is 11.3 Å². The standard InChI is InChI=1S/C15H11N3S/c16-8-10-4-1-5-11-14(10)18-15(17-11)13-7-9-3-2-6-12(9)19-13/h1,4-5,7H,2-3,6H2,(H,17,18). The number of H-pyrrole nitrogens is 1.